The van der Waals surface area contributed by atoms with Crippen LogP contribution in [0.1, 0.15) is 42.8 Å². The molecule has 13 heteroatoms. The van der Waals surface area contributed by atoms with E-state index in [2.05, 4.69) is 42.8 Å². The van der Waals surface area contributed by atoms with Crippen LogP contribution in [0.2, 0.25) is 0 Å². The molecule has 0 radical (unpaired) electrons. The molecule has 3 aromatic heterocycles. The Labute approximate surface area is 281 Å². The number of aromatic nitrogens is 4. The molecule has 3 heterocycles. The number of aryl methyl sites for hydroxylation is 1. The average Bonchev–Trinajstić information content (AvgIpc) is 3.68. The van der Waals surface area contributed by atoms with Crippen molar-refractivity contribution in [1.29, 1.82) is 0 Å². The molecule has 0 atom stereocenters. The van der Waals surface area contributed by atoms with E-state index < -0.39 is 5.97 Å². The molecule has 6 rings (SSSR count). The molecular formula is C35H35N7O5S. The van der Waals surface area contributed by atoms with Crippen molar-refractivity contribution in [3.63, 3.8) is 0 Å². The first kappa shape index (κ1) is 32.3. The predicted molar refractivity (Wildman–Crippen MR) is 188 cm³/mol. The lowest BCUT2D eigenvalue weighted by atomic mass is 10.1. The van der Waals surface area contributed by atoms with Crippen LogP contribution in [0.25, 0.3) is 21.5 Å². The third kappa shape index (κ3) is 7.81. The second kappa shape index (κ2) is 14.8. The van der Waals surface area contributed by atoms with E-state index in [4.69, 9.17) is 18.6 Å². The number of benzene rings is 3. The molecule has 0 amide bonds. The summed E-state index contributed by atoms with van der Waals surface area (Å²) in [5, 5.41) is 10.4. The maximum atomic E-state index is 12.3. The highest BCUT2D eigenvalue weighted by atomic mass is 32.1. The van der Waals surface area contributed by atoms with Gasteiger partial charge in [-0.05, 0) is 93.1 Å². The summed E-state index contributed by atoms with van der Waals surface area (Å²) in [5.74, 6) is 3.15. The average molecular weight is 666 g/mol. The first-order valence-corrected chi connectivity index (χ1v) is 16.3. The molecule has 12 nitrogen and oxygen atoms in total. The third-order valence-electron chi connectivity index (χ3n) is 7.17. The van der Waals surface area contributed by atoms with Gasteiger partial charge in [0.05, 0.1) is 30.5 Å². The number of carbonyl (C=O) groups excluding carboxylic acids is 1. The Morgan fingerprint density at radius 1 is 0.812 bits per heavy atom. The summed E-state index contributed by atoms with van der Waals surface area (Å²) in [4.78, 5) is 30.8. The quantitative estimate of drug-likeness (QED) is 0.0756. The molecule has 0 aliphatic carbocycles. The molecule has 3 N–H and O–H groups in total. The van der Waals surface area contributed by atoms with Crippen molar-refractivity contribution in [2.75, 3.05) is 36.3 Å². The van der Waals surface area contributed by atoms with Crippen molar-refractivity contribution >= 4 is 61.9 Å². The van der Waals surface area contributed by atoms with Gasteiger partial charge in [-0.15, -0.1) is 0 Å². The summed E-state index contributed by atoms with van der Waals surface area (Å²) in [6, 6.07) is 22.6. The summed E-state index contributed by atoms with van der Waals surface area (Å²) in [6.07, 6.45) is 2.07. The Hall–Kier alpha value is -5.69. The highest BCUT2D eigenvalue weighted by Gasteiger charge is 2.17. The van der Waals surface area contributed by atoms with Gasteiger partial charge in [-0.2, -0.15) is 15.0 Å². The molecule has 0 saturated carbocycles. The number of rotatable bonds is 14. The summed E-state index contributed by atoms with van der Waals surface area (Å²) in [5.41, 5.74) is 3.56. The van der Waals surface area contributed by atoms with Gasteiger partial charge in [-0.3, -0.25) is 5.32 Å². The van der Waals surface area contributed by atoms with Crippen LogP contribution in [0.15, 0.2) is 77.2 Å². The summed E-state index contributed by atoms with van der Waals surface area (Å²) in [7, 11) is 1.63. The van der Waals surface area contributed by atoms with Crippen LogP contribution in [-0.4, -0.2) is 46.2 Å². The minimum Gasteiger partial charge on any atom is -0.497 e. The highest BCUT2D eigenvalue weighted by molar-refractivity contribution is 7.22. The van der Waals surface area contributed by atoms with E-state index in [1.165, 1.54) is 11.3 Å². The number of hydrogen-bond donors (Lipinski definition) is 3. The SMILES string of the molecule is CCCCOc1ccc(Nc2nc(Nc3ccc(-c4cc(C(=O)OCC)c(C)o4)cc3)nc(Nc3nc4ccc(OC)cc4s3)n2)cc1. The van der Waals surface area contributed by atoms with E-state index in [1.54, 1.807) is 27.0 Å². The van der Waals surface area contributed by atoms with Gasteiger partial charge in [0.2, 0.25) is 17.8 Å². The molecule has 0 unspecified atom stereocenters. The molecule has 48 heavy (non-hydrogen) atoms. The minimum absolute atomic E-state index is 0.293. The topological polar surface area (TPSA) is 146 Å². The number of methoxy groups -OCH3 is 1. The number of thiazole rings is 1. The van der Waals surface area contributed by atoms with Gasteiger partial charge in [0.15, 0.2) is 5.13 Å². The van der Waals surface area contributed by atoms with Crippen molar-refractivity contribution in [2.45, 2.75) is 33.6 Å². The summed E-state index contributed by atoms with van der Waals surface area (Å²) < 4.78 is 23.1. The second-order valence-electron chi connectivity index (χ2n) is 10.6. The van der Waals surface area contributed by atoms with Gasteiger partial charge in [0.25, 0.3) is 0 Å². The Morgan fingerprint density at radius 3 is 2.10 bits per heavy atom. The summed E-state index contributed by atoms with van der Waals surface area (Å²) >= 11 is 1.46. The van der Waals surface area contributed by atoms with Crippen LogP contribution in [0.3, 0.4) is 0 Å². The van der Waals surface area contributed by atoms with Gasteiger partial charge in [0, 0.05) is 16.9 Å². The number of unbranched alkanes of at least 4 members (excludes halogenated alkanes) is 1. The number of hydrogen-bond acceptors (Lipinski definition) is 13. The van der Waals surface area contributed by atoms with Gasteiger partial charge < -0.3 is 29.3 Å². The van der Waals surface area contributed by atoms with Crippen molar-refractivity contribution in [3.05, 3.63) is 84.1 Å². The summed E-state index contributed by atoms with van der Waals surface area (Å²) in [6.45, 7) is 6.61. The van der Waals surface area contributed by atoms with Crippen LogP contribution in [0.5, 0.6) is 11.5 Å². The maximum Gasteiger partial charge on any atom is 0.341 e. The zero-order valence-corrected chi connectivity index (χ0v) is 27.8. The van der Waals surface area contributed by atoms with E-state index in [0.29, 0.717) is 53.3 Å². The Bertz CT molecular complexity index is 2010. The Kier molecular flexibility index (Phi) is 9.96. The Balaban J connectivity index is 1.24. The number of anilines is 6. The van der Waals surface area contributed by atoms with Gasteiger partial charge in [-0.25, -0.2) is 9.78 Å². The number of carbonyl (C=O) groups is 1. The first-order chi connectivity index (χ1) is 23.4. The molecule has 0 bridgehead atoms. The van der Waals surface area contributed by atoms with Gasteiger partial charge in [0.1, 0.15) is 28.6 Å². The fourth-order valence-corrected chi connectivity index (χ4v) is 5.59. The fraction of sp³-hybridized carbons (Fsp3) is 0.229. The fourth-order valence-electron chi connectivity index (χ4n) is 4.71. The zero-order valence-electron chi connectivity index (χ0n) is 27.0. The normalized spacial score (nSPS) is 10.9. The standard InChI is InChI=1S/C35H35N7O5S/c1-5-7-18-46-25-14-12-24(13-15-25)37-33-39-32(40-34(41-33)42-35-38-28-17-16-26(44-4)19-30(28)48-35)36-23-10-8-22(9-11-23)29-20-27(21(3)47-29)31(43)45-6-2/h8-17,19-20H,5-7,18H2,1-4H3,(H3,36,37,38,39,40,41,42). The van der Waals surface area contributed by atoms with Gasteiger partial charge >= 0.3 is 5.97 Å². The number of esters is 1. The highest BCUT2D eigenvalue weighted by Crippen LogP contribution is 2.32. The van der Waals surface area contributed by atoms with Crippen LogP contribution in [0.4, 0.5) is 34.4 Å². The van der Waals surface area contributed by atoms with Crippen molar-refractivity contribution < 1.29 is 23.4 Å². The van der Waals surface area contributed by atoms with E-state index in [-0.39, 0.29) is 0 Å². The number of nitrogens with zero attached hydrogens (tertiary/aromatic N) is 4. The first-order valence-electron chi connectivity index (χ1n) is 15.5. The van der Waals surface area contributed by atoms with E-state index in [1.807, 2.05) is 66.7 Å². The zero-order chi connectivity index (χ0) is 33.5. The molecule has 3 aromatic carbocycles. The number of nitrogens with one attached hydrogen (secondary N) is 3. The monoisotopic (exact) mass is 665 g/mol. The lowest BCUT2D eigenvalue weighted by Gasteiger charge is -2.11. The number of fused-ring (bicyclic) bond motifs is 1. The van der Waals surface area contributed by atoms with E-state index in [0.717, 1.165) is 51.5 Å². The van der Waals surface area contributed by atoms with Crippen molar-refractivity contribution in [2.24, 2.45) is 0 Å². The third-order valence-corrected chi connectivity index (χ3v) is 8.10. The van der Waals surface area contributed by atoms with Crippen LogP contribution in [0, 0.1) is 6.92 Å². The van der Waals surface area contributed by atoms with Crippen LogP contribution >= 0.6 is 11.3 Å². The lowest BCUT2D eigenvalue weighted by Crippen LogP contribution is -2.07. The van der Waals surface area contributed by atoms with Crippen LogP contribution in [-0.2, 0) is 4.74 Å². The molecule has 0 aliphatic heterocycles. The Morgan fingerprint density at radius 2 is 1.46 bits per heavy atom. The largest absolute Gasteiger partial charge is 0.497 e. The smallest absolute Gasteiger partial charge is 0.341 e. The van der Waals surface area contributed by atoms with Crippen LogP contribution < -0.4 is 25.4 Å². The predicted octanol–water partition coefficient (Wildman–Crippen LogP) is 8.64. The van der Waals surface area contributed by atoms with Gasteiger partial charge in [-0.1, -0.05) is 24.7 Å². The van der Waals surface area contributed by atoms with Crippen molar-refractivity contribution in [1.82, 2.24) is 19.9 Å². The minimum atomic E-state index is -0.409. The molecule has 246 valence electrons. The maximum absolute atomic E-state index is 12.3. The second-order valence-corrected chi connectivity index (χ2v) is 11.7. The van der Waals surface area contributed by atoms with E-state index >= 15 is 0 Å². The molecule has 0 spiro atoms. The molecule has 0 aliphatic rings. The molecule has 0 fully saturated rings. The molecule has 6 aromatic rings. The lowest BCUT2D eigenvalue weighted by molar-refractivity contribution is 0.0524. The number of ether oxygens (including phenoxy) is 3. The van der Waals surface area contributed by atoms with E-state index in [9.17, 15) is 4.79 Å². The molecule has 0 saturated heterocycles. The van der Waals surface area contributed by atoms with Crippen molar-refractivity contribution in [3.8, 4) is 22.8 Å². The number of furan rings is 1. The molecular weight excluding hydrogens is 630 g/mol.